The van der Waals surface area contributed by atoms with Crippen LogP contribution in [0, 0.1) is 0 Å². The van der Waals surface area contributed by atoms with Crippen molar-refractivity contribution in [3.8, 4) is 5.75 Å². The van der Waals surface area contributed by atoms with E-state index in [0.29, 0.717) is 11.5 Å². The van der Waals surface area contributed by atoms with E-state index in [0.717, 1.165) is 48.9 Å². The molecule has 0 saturated carbocycles. The number of benzene rings is 2. The number of ether oxygens (including phenoxy) is 2. The first-order valence-corrected chi connectivity index (χ1v) is 16.7. The molecule has 0 amide bonds. The van der Waals surface area contributed by atoms with E-state index in [4.69, 9.17) is 35.7 Å². The number of hydrogen-bond acceptors (Lipinski definition) is 10. The van der Waals surface area contributed by atoms with Crippen molar-refractivity contribution in [2.45, 2.75) is 83.2 Å². The number of esters is 2. The van der Waals surface area contributed by atoms with Gasteiger partial charge in [-0.3, -0.25) is 14.3 Å². The number of nitrogen functional groups attached to an aromatic ring is 1. The number of aliphatic carboxylic acids is 3. The number of aromatic nitrogens is 1. The van der Waals surface area contributed by atoms with Crippen LogP contribution in [0.5, 0.6) is 5.75 Å². The van der Waals surface area contributed by atoms with Crippen molar-refractivity contribution in [2.24, 2.45) is 0 Å². The Kier molecular flexibility index (Phi) is 14.3. The lowest BCUT2D eigenvalue weighted by atomic mass is 9.86. The highest BCUT2D eigenvalue weighted by Gasteiger charge is 2.40. The van der Waals surface area contributed by atoms with E-state index in [1.54, 1.807) is 35.0 Å². The lowest BCUT2D eigenvalue weighted by Crippen LogP contribution is -2.42. The monoisotopic (exact) mass is 697 g/mol. The minimum atomic E-state index is -2.74. The molecule has 0 atom stereocenters. The Morgan fingerprint density at radius 1 is 0.900 bits per heavy atom. The minimum absolute atomic E-state index is 0.177. The Morgan fingerprint density at radius 3 is 2.10 bits per heavy atom. The largest absolute Gasteiger partial charge is 0.481 e. The van der Waals surface area contributed by atoms with E-state index in [2.05, 4.69) is 18.7 Å². The predicted molar refractivity (Wildman–Crippen MR) is 184 cm³/mol. The number of carbonyl (C=O) groups excluding carboxylic acids is 2. The van der Waals surface area contributed by atoms with Gasteiger partial charge in [0.2, 0.25) is 0 Å². The molecular weight excluding hydrogens is 650 g/mol. The summed E-state index contributed by atoms with van der Waals surface area (Å²) in [6.45, 7) is 7.72. The molecule has 1 saturated heterocycles. The first kappa shape index (κ1) is 39.5. The Labute approximate surface area is 290 Å². The van der Waals surface area contributed by atoms with E-state index in [9.17, 15) is 24.0 Å². The zero-order valence-corrected chi connectivity index (χ0v) is 28.7. The van der Waals surface area contributed by atoms with Gasteiger partial charge in [-0.1, -0.05) is 45.2 Å². The summed E-state index contributed by atoms with van der Waals surface area (Å²) < 4.78 is 12.2. The molecule has 1 fully saturated rings. The molecule has 50 heavy (non-hydrogen) atoms. The average molecular weight is 698 g/mol. The number of fused-ring (bicyclic) bond motifs is 1. The standard InChI is InChI=1S/C30H39N3O4.C6H8O7/c1-4-6-7-10-17-32-18-15-21(16-19-32)28-24-20-22(13-14-26(24)33(31)25(28)5-2)29(34)37-27-12-9-8-11-23(27)30(35)36-3;7-3(8)1-6(13,5(11)12)2-4(9)10/h8-9,11-14,20-21H,4-7,10,15-19,31H2,1-3H3;13H,1-2H2,(H,7,8)(H,9,10)(H,11,12). The number of likely N-dealkylation sites (tertiary alicyclic amines) is 1. The van der Waals surface area contributed by atoms with Gasteiger partial charge in [0.1, 0.15) is 11.3 Å². The number of rotatable bonds is 15. The number of carbonyl (C=O) groups is 5. The van der Waals surface area contributed by atoms with Gasteiger partial charge in [-0.25, -0.2) is 14.4 Å². The molecule has 14 nitrogen and oxygen atoms in total. The topological polar surface area (TPSA) is 219 Å². The highest BCUT2D eigenvalue weighted by molar-refractivity contribution is 5.99. The number of carboxylic acid groups (broad SMARTS) is 3. The van der Waals surface area contributed by atoms with Crippen molar-refractivity contribution < 1.29 is 53.9 Å². The summed E-state index contributed by atoms with van der Waals surface area (Å²) in [6.07, 6.45) is 5.85. The molecule has 1 aliphatic heterocycles. The third-order valence-corrected chi connectivity index (χ3v) is 8.82. The van der Waals surface area contributed by atoms with Gasteiger partial charge in [-0.05, 0) is 87.1 Å². The molecule has 4 rings (SSSR count). The fourth-order valence-corrected chi connectivity index (χ4v) is 6.25. The summed E-state index contributed by atoms with van der Waals surface area (Å²) >= 11 is 0. The lowest BCUT2D eigenvalue weighted by Gasteiger charge is -2.32. The zero-order valence-electron chi connectivity index (χ0n) is 28.7. The molecule has 0 radical (unpaired) electrons. The first-order valence-electron chi connectivity index (χ1n) is 16.7. The molecule has 272 valence electrons. The number of methoxy groups -OCH3 is 1. The minimum Gasteiger partial charge on any atom is -0.481 e. The van der Waals surface area contributed by atoms with Crippen molar-refractivity contribution in [1.29, 1.82) is 0 Å². The molecule has 14 heteroatoms. The normalized spacial score (nSPS) is 13.7. The van der Waals surface area contributed by atoms with Crippen LogP contribution in [-0.2, 0) is 25.5 Å². The third-order valence-electron chi connectivity index (χ3n) is 8.82. The van der Waals surface area contributed by atoms with Crippen LogP contribution in [0.15, 0.2) is 42.5 Å². The highest BCUT2D eigenvalue weighted by Crippen LogP contribution is 2.38. The van der Waals surface area contributed by atoms with E-state index in [-0.39, 0.29) is 11.3 Å². The van der Waals surface area contributed by atoms with Crippen molar-refractivity contribution in [2.75, 3.05) is 32.6 Å². The summed E-state index contributed by atoms with van der Waals surface area (Å²) in [7, 11) is 1.30. The summed E-state index contributed by atoms with van der Waals surface area (Å²) in [5.74, 6) is 1.03. The second-order valence-corrected chi connectivity index (χ2v) is 12.3. The van der Waals surface area contributed by atoms with Crippen LogP contribution in [0.2, 0.25) is 0 Å². The maximum atomic E-state index is 13.1. The van der Waals surface area contributed by atoms with Crippen molar-refractivity contribution in [3.05, 3.63) is 64.8 Å². The molecule has 1 aromatic heterocycles. The van der Waals surface area contributed by atoms with E-state index in [1.807, 2.05) is 12.1 Å². The van der Waals surface area contributed by atoms with Gasteiger partial charge in [0, 0.05) is 11.1 Å². The lowest BCUT2D eigenvalue weighted by molar-refractivity contribution is -0.170. The van der Waals surface area contributed by atoms with Crippen LogP contribution in [0.3, 0.4) is 0 Å². The zero-order chi connectivity index (χ0) is 37.0. The van der Waals surface area contributed by atoms with Crippen LogP contribution in [-0.4, -0.2) is 92.2 Å². The Bertz CT molecular complexity index is 1660. The first-order chi connectivity index (χ1) is 23.8. The van der Waals surface area contributed by atoms with Gasteiger partial charge in [-0.2, -0.15) is 0 Å². The highest BCUT2D eigenvalue weighted by atomic mass is 16.5. The molecule has 0 aliphatic carbocycles. The van der Waals surface area contributed by atoms with Crippen LogP contribution < -0.4 is 10.6 Å². The summed E-state index contributed by atoms with van der Waals surface area (Å²) in [4.78, 5) is 58.3. The van der Waals surface area contributed by atoms with Crippen molar-refractivity contribution >= 4 is 40.7 Å². The summed E-state index contributed by atoms with van der Waals surface area (Å²) in [6, 6.07) is 12.1. The average Bonchev–Trinajstić information content (AvgIpc) is 3.36. The molecule has 0 spiro atoms. The molecule has 3 aromatic rings. The van der Waals surface area contributed by atoms with Gasteiger partial charge in [0.25, 0.3) is 0 Å². The number of unbranched alkanes of at least 4 members (excludes halogenated alkanes) is 3. The SMILES string of the molecule is CCCCCCN1CCC(c2c(CC)n(N)c3ccc(C(=O)Oc4ccccc4C(=O)OC)cc23)CC1.O=C(O)CC(O)(CC(=O)O)C(=O)O. The van der Waals surface area contributed by atoms with Crippen LogP contribution in [0.25, 0.3) is 10.9 Å². The van der Waals surface area contributed by atoms with E-state index >= 15 is 0 Å². The molecule has 0 unspecified atom stereocenters. The quantitative estimate of drug-likeness (QED) is 0.0643. The molecule has 2 heterocycles. The molecule has 1 aliphatic rings. The van der Waals surface area contributed by atoms with Crippen LogP contribution >= 0.6 is 0 Å². The molecular formula is C36H47N3O11. The Balaban J connectivity index is 0.000000442. The Morgan fingerprint density at radius 2 is 1.54 bits per heavy atom. The number of carboxylic acids is 3. The van der Waals surface area contributed by atoms with Gasteiger partial charge in [0.15, 0.2) is 5.60 Å². The fourth-order valence-electron chi connectivity index (χ4n) is 6.25. The number of nitrogens with zero attached hydrogens (tertiary/aromatic N) is 2. The number of piperidine rings is 1. The number of nitrogens with two attached hydrogens (primary N) is 1. The smallest absolute Gasteiger partial charge is 0.343 e. The maximum absolute atomic E-state index is 13.1. The van der Waals surface area contributed by atoms with Gasteiger partial charge >= 0.3 is 29.8 Å². The summed E-state index contributed by atoms with van der Waals surface area (Å²) in [5, 5.41) is 34.8. The van der Waals surface area contributed by atoms with E-state index < -0.39 is 48.3 Å². The summed E-state index contributed by atoms with van der Waals surface area (Å²) in [5.41, 5.74) is 1.20. The number of para-hydroxylation sites is 1. The molecule has 0 bridgehead atoms. The van der Waals surface area contributed by atoms with Gasteiger partial charge < -0.3 is 40.6 Å². The van der Waals surface area contributed by atoms with Crippen LogP contribution in [0.1, 0.15) is 103 Å². The van der Waals surface area contributed by atoms with Gasteiger partial charge in [0.05, 0.1) is 31.0 Å². The Hall–Kier alpha value is -4.95. The molecule has 2 aromatic carbocycles. The second-order valence-electron chi connectivity index (χ2n) is 12.3. The predicted octanol–water partition coefficient (Wildman–Crippen LogP) is 4.43. The fraction of sp³-hybridized carbons (Fsp3) is 0.472. The number of aliphatic hydroxyl groups is 1. The van der Waals surface area contributed by atoms with Crippen molar-refractivity contribution in [1.82, 2.24) is 9.58 Å². The van der Waals surface area contributed by atoms with Crippen molar-refractivity contribution in [3.63, 3.8) is 0 Å². The molecule has 6 N–H and O–H groups in total. The van der Waals surface area contributed by atoms with Gasteiger partial charge in [-0.15, -0.1) is 0 Å². The maximum Gasteiger partial charge on any atom is 0.343 e. The van der Waals surface area contributed by atoms with Crippen LogP contribution in [0.4, 0.5) is 0 Å². The number of hydrogen-bond donors (Lipinski definition) is 5. The third kappa shape index (κ3) is 10.0. The second kappa shape index (κ2) is 18.2. The van der Waals surface area contributed by atoms with E-state index in [1.165, 1.54) is 44.9 Å².